The predicted molar refractivity (Wildman–Crippen MR) is 107 cm³/mol. The minimum atomic E-state index is -0.536. The van der Waals surface area contributed by atoms with Gasteiger partial charge in [0.15, 0.2) is 4.77 Å². The van der Waals surface area contributed by atoms with Crippen molar-refractivity contribution in [2.45, 2.75) is 25.7 Å². The van der Waals surface area contributed by atoms with Gasteiger partial charge in [0.25, 0.3) is 11.8 Å². The molecule has 2 aromatic heterocycles. The molecule has 0 unspecified atom stereocenters. The maximum absolute atomic E-state index is 13.2. The highest BCUT2D eigenvalue weighted by molar-refractivity contribution is 7.71. The van der Waals surface area contributed by atoms with Crippen LogP contribution in [-0.4, -0.2) is 21.4 Å². The van der Waals surface area contributed by atoms with Gasteiger partial charge in [-0.1, -0.05) is 0 Å². The minimum Gasteiger partial charge on any atom is -0.336 e. The predicted octanol–water partition coefficient (Wildman–Crippen LogP) is 3.69. The molecule has 0 bridgehead atoms. The molecule has 0 atom stereocenters. The summed E-state index contributed by atoms with van der Waals surface area (Å²) in [5.41, 5.74) is 6.83. The number of aromatic nitrogens is 2. The number of carbonyl (C=O) groups is 2. The average molecular weight is 417 g/mol. The summed E-state index contributed by atoms with van der Waals surface area (Å²) >= 11 is 6.69. The van der Waals surface area contributed by atoms with Crippen LogP contribution in [-0.2, 0) is 12.8 Å². The van der Waals surface area contributed by atoms with E-state index in [1.807, 2.05) is 6.07 Å². The third-order valence-corrected chi connectivity index (χ3v) is 6.14. The molecular formula is C19H17FN4O2S2. The zero-order chi connectivity index (χ0) is 19.7. The number of benzene rings is 1. The number of hydrogen-bond acceptors (Lipinski definition) is 4. The van der Waals surface area contributed by atoms with Crippen LogP contribution < -0.4 is 10.9 Å². The molecule has 9 heteroatoms. The topological polar surface area (TPSA) is 78.9 Å². The van der Waals surface area contributed by atoms with Crippen molar-refractivity contribution in [3.63, 3.8) is 0 Å². The lowest BCUT2D eigenvalue weighted by Gasteiger charge is -2.09. The number of thiophene rings is 1. The van der Waals surface area contributed by atoms with Gasteiger partial charge in [0.05, 0.1) is 4.88 Å². The number of halogens is 1. The summed E-state index contributed by atoms with van der Waals surface area (Å²) in [7, 11) is 0. The van der Waals surface area contributed by atoms with Crippen LogP contribution in [0.1, 0.15) is 43.4 Å². The van der Waals surface area contributed by atoms with Gasteiger partial charge in [-0.25, -0.2) is 4.39 Å². The van der Waals surface area contributed by atoms with E-state index in [2.05, 4.69) is 15.8 Å². The lowest BCUT2D eigenvalue weighted by atomic mass is 9.99. The Balaban J connectivity index is 1.49. The molecule has 1 aromatic carbocycles. The molecule has 0 saturated carbocycles. The quantitative estimate of drug-likeness (QED) is 0.450. The molecule has 0 saturated heterocycles. The maximum atomic E-state index is 13.2. The van der Waals surface area contributed by atoms with Crippen molar-refractivity contribution in [2.24, 2.45) is 0 Å². The molecule has 1 aliphatic rings. The van der Waals surface area contributed by atoms with E-state index in [9.17, 15) is 14.0 Å². The van der Waals surface area contributed by atoms with E-state index in [0.29, 0.717) is 10.6 Å². The molecule has 2 heterocycles. The van der Waals surface area contributed by atoms with E-state index in [1.54, 1.807) is 0 Å². The van der Waals surface area contributed by atoms with E-state index >= 15 is 0 Å². The third-order valence-electron chi connectivity index (χ3n) is 4.60. The number of rotatable bonds is 3. The van der Waals surface area contributed by atoms with Gasteiger partial charge in [-0.15, -0.1) is 11.3 Å². The van der Waals surface area contributed by atoms with Crippen molar-refractivity contribution in [3.05, 3.63) is 68.1 Å². The number of amides is 2. The van der Waals surface area contributed by atoms with E-state index in [0.717, 1.165) is 25.7 Å². The second-order valence-electron chi connectivity index (χ2n) is 6.47. The van der Waals surface area contributed by atoms with Crippen molar-refractivity contribution in [3.8, 4) is 5.69 Å². The summed E-state index contributed by atoms with van der Waals surface area (Å²) in [5, 5.41) is 0. The van der Waals surface area contributed by atoms with Gasteiger partial charge in [0, 0.05) is 16.8 Å². The second-order valence-corrected chi connectivity index (χ2v) is 7.99. The van der Waals surface area contributed by atoms with Gasteiger partial charge in [-0.3, -0.25) is 25.0 Å². The summed E-state index contributed by atoms with van der Waals surface area (Å²) in [4.78, 5) is 29.6. The second kappa shape index (κ2) is 7.69. The molecule has 28 heavy (non-hydrogen) atoms. The van der Waals surface area contributed by atoms with Crippen LogP contribution in [0.5, 0.6) is 0 Å². The van der Waals surface area contributed by atoms with E-state index in [4.69, 9.17) is 12.2 Å². The van der Waals surface area contributed by atoms with Crippen LogP contribution in [0.2, 0.25) is 0 Å². The zero-order valence-electron chi connectivity index (χ0n) is 14.8. The van der Waals surface area contributed by atoms with Crippen LogP contribution in [0.3, 0.4) is 0 Å². The Hall–Kier alpha value is -2.78. The molecule has 6 nitrogen and oxygen atoms in total. The van der Waals surface area contributed by atoms with Gasteiger partial charge in [0.2, 0.25) is 0 Å². The van der Waals surface area contributed by atoms with Gasteiger partial charge in [0.1, 0.15) is 11.5 Å². The largest absolute Gasteiger partial charge is 0.336 e. The molecule has 144 valence electrons. The monoisotopic (exact) mass is 416 g/mol. The SMILES string of the molecule is O=C(NNC(=O)c1c[nH]c(=S)n1-c1ccc(F)cc1)c1cc2c(s1)CCCC2. The molecule has 0 aliphatic heterocycles. The normalized spacial score (nSPS) is 13.0. The van der Waals surface area contributed by atoms with Crippen LogP contribution in [0, 0.1) is 10.6 Å². The molecule has 2 amide bonds. The number of hydrazine groups is 1. The fourth-order valence-electron chi connectivity index (χ4n) is 3.22. The molecule has 3 N–H and O–H groups in total. The van der Waals surface area contributed by atoms with E-state index in [1.165, 1.54) is 56.8 Å². The number of fused-ring (bicyclic) bond motifs is 1. The van der Waals surface area contributed by atoms with Crippen LogP contribution >= 0.6 is 23.6 Å². The summed E-state index contributed by atoms with van der Waals surface area (Å²) in [6.07, 6.45) is 5.72. The number of aromatic amines is 1. The number of nitrogens with one attached hydrogen (secondary N) is 3. The number of aryl methyl sites for hydroxylation is 2. The van der Waals surface area contributed by atoms with E-state index < -0.39 is 5.91 Å². The fraction of sp³-hybridized carbons (Fsp3) is 0.211. The molecule has 4 rings (SSSR count). The van der Waals surface area contributed by atoms with Gasteiger partial charge < -0.3 is 4.98 Å². The van der Waals surface area contributed by atoms with Crippen molar-refractivity contribution in [2.75, 3.05) is 0 Å². The Labute approximate surface area is 169 Å². The fourth-order valence-corrected chi connectivity index (χ4v) is 4.64. The first-order valence-corrected chi connectivity index (χ1v) is 10.0. The Morgan fingerprint density at radius 1 is 1.11 bits per heavy atom. The maximum Gasteiger partial charge on any atom is 0.288 e. The number of imidazole rings is 1. The van der Waals surface area contributed by atoms with Crippen molar-refractivity contribution in [1.82, 2.24) is 20.4 Å². The van der Waals surface area contributed by atoms with Gasteiger partial charge in [-0.2, -0.15) is 0 Å². The first-order valence-electron chi connectivity index (χ1n) is 8.81. The Morgan fingerprint density at radius 2 is 1.82 bits per heavy atom. The Kier molecular flexibility index (Phi) is 5.10. The Morgan fingerprint density at radius 3 is 2.57 bits per heavy atom. The van der Waals surface area contributed by atoms with Gasteiger partial charge >= 0.3 is 0 Å². The smallest absolute Gasteiger partial charge is 0.288 e. The molecular weight excluding hydrogens is 399 g/mol. The van der Waals surface area contributed by atoms with Crippen LogP contribution in [0.4, 0.5) is 4.39 Å². The zero-order valence-corrected chi connectivity index (χ0v) is 16.4. The minimum absolute atomic E-state index is 0.197. The highest BCUT2D eigenvalue weighted by Crippen LogP contribution is 2.29. The number of carbonyl (C=O) groups excluding carboxylic acids is 2. The highest BCUT2D eigenvalue weighted by atomic mass is 32.1. The van der Waals surface area contributed by atoms with E-state index in [-0.39, 0.29) is 22.2 Å². The van der Waals surface area contributed by atoms with Gasteiger partial charge in [-0.05, 0) is 73.8 Å². The molecule has 0 radical (unpaired) electrons. The molecule has 3 aromatic rings. The van der Waals surface area contributed by atoms with Crippen molar-refractivity contribution >= 4 is 35.4 Å². The number of nitrogens with zero attached hydrogens (tertiary/aromatic N) is 1. The van der Waals surface area contributed by atoms with Crippen LogP contribution in [0.25, 0.3) is 5.69 Å². The molecule has 1 aliphatic carbocycles. The highest BCUT2D eigenvalue weighted by Gasteiger charge is 2.19. The molecule has 0 spiro atoms. The van der Waals surface area contributed by atoms with Crippen molar-refractivity contribution < 1.29 is 14.0 Å². The summed E-state index contributed by atoms with van der Waals surface area (Å²) < 4.78 is 14.9. The molecule has 0 fully saturated rings. The number of H-pyrrole nitrogens is 1. The summed E-state index contributed by atoms with van der Waals surface area (Å²) in [5.74, 6) is -1.27. The lowest BCUT2D eigenvalue weighted by Crippen LogP contribution is -2.42. The average Bonchev–Trinajstić information content (AvgIpc) is 3.30. The Bertz CT molecular complexity index is 1070. The standard InChI is InChI=1S/C19H17FN4O2S2/c20-12-5-7-13(8-6-12)24-14(10-21-19(24)27)17(25)22-23-18(26)16-9-11-3-1-2-4-15(11)28-16/h5-10H,1-4H2,(H,21,27)(H,22,25)(H,23,26). The first-order chi connectivity index (χ1) is 13.5. The van der Waals surface area contributed by atoms with Crippen LogP contribution in [0.15, 0.2) is 36.5 Å². The van der Waals surface area contributed by atoms with Crippen molar-refractivity contribution in [1.29, 1.82) is 0 Å². The summed E-state index contributed by atoms with van der Waals surface area (Å²) in [6.45, 7) is 0. The summed E-state index contributed by atoms with van der Waals surface area (Å²) in [6, 6.07) is 7.50. The first kappa shape index (κ1) is 18.6. The lowest BCUT2D eigenvalue weighted by molar-refractivity contribution is 0.0845. The number of hydrogen-bond donors (Lipinski definition) is 3. The third kappa shape index (κ3) is 3.63.